The van der Waals surface area contributed by atoms with Crippen LogP contribution < -0.4 is 14.4 Å². The summed E-state index contributed by atoms with van der Waals surface area (Å²) in [6.07, 6.45) is 2.27. The standard InChI is InChI=1S/C28H26N5O5P/c1-21(36-20-39(35,37-23-13-7-3-8-14-23)38-24-15-9-4-10-16-24)17-33-19-31-25-26(29-18-30-27(25)33)32-28(34)22-11-5-2-6-12-22/h2-16,18-19,21H,17,20H2,1H3,(H,29,30,32,34)/t21-/m1/s1. The molecular formula is C28H26N5O5P. The number of ether oxygens (including phenoxy) is 1. The molecule has 0 unspecified atom stereocenters. The summed E-state index contributed by atoms with van der Waals surface area (Å²) >= 11 is 0. The number of hydrogen-bond donors (Lipinski definition) is 1. The van der Waals surface area contributed by atoms with Gasteiger partial charge in [0.25, 0.3) is 5.91 Å². The third-order valence-corrected chi connectivity index (χ3v) is 7.06. The molecule has 1 atom stereocenters. The number of benzene rings is 3. The maximum atomic E-state index is 13.7. The van der Waals surface area contributed by atoms with Crippen LogP contribution in [-0.2, 0) is 15.8 Å². The number of rotatable bonds is 11. The van der Waals surface area contributed by atoms with Gasteiger partial charge in [0.15, 0.2) is 23.3 Å². The van der Waals surface area contributed by atoms with Crippen LogP contribution in [0.15, 0.2) is 104 Å². The van der Waals surface area contributed by atoms with Crippen LogP contribution in [0.2, 0.25) is 0 Å². The predicted molar refractivity (Wildman–Crippen MR) is 147 cm³/mol. The van der Waals surface area contributed by atoms with E-state index < -0.39 is 13.7 Å². The highest BCUT2D eigenvalue weighted by Crippen LogP contribution is 2.48. The number of amides is 1. The predicted octanol–water partition coefficient (Wildman–Crippen LogP) is 5.79. The van der Waals surface area contributed by atoms with Gasteiger partial charge in [-0.3, -0.25) is 4.79 Å². The quantitative estimate of drug-likeness (QED) is 0.208. The number of aromatic nitrogens is 4. The summed E-state index contributed by atoms with van der Waals surface area (Å²) in [5, 5.41) is 2.79. The molecule has 3 aromatic carbocycles. The summed E-state index contributed by atoms with van der Waals surface area (Å²) in [6, 6.07) is 26.5. The van der Waals surface area contributed by atoms with Crippen molar-refractivity contribution in [3.8, 4) is 11.5 Å². The minimum Gasteiger partial charge on any atom is -0.415 e. The highest BCUT2D eigenvalue weighted by molar-refractivity contribution is 7.54. The smallest absolute Gasteiger partial charge is 0.415 e. The van der Waals surface area contributed by atoms with Crippen LogP contribution in [0.4, 0.5) is 5.82 Å². The van der Waals surface area contributed by atoms with Gasteiger partial charge < -0.3 is 23.7 Å². The molecule has 11 heteroatoms. The highest BCUT2D eigenvalue weighted by Gasteiger charge is 2.30. The number of imidazole rings is 1. The molecule has 5 aromatic rings. The second-order valence-corrected chi connectivity index (χ2v) is 10.5. The molecule has 1 N–H and O–H groups in total. The lowest BCUT2D eigenvalue weighted by molar-refractivity contribution is 0.0780. The molecule has 0 fully saturated rings. The number of nitrogens with one attached hydrogen (secondary N) is 1. The molecule has 0 radical (unpaired) electrons. The average Bonchev–Trinajstić information content (AvgIpc) is 3.37. The molecule has 10 nitrogen and oxygen atoms in total. The molecule has 0 aliphatic heterocycles. The normalized spacial score (nSPS) is 12.1. The van der Waals surface area contributed by atoms with Crippen molar-refractivity contribution >= 4 is 30.5 Å². The fourth-order valence-electron chi connectivity index (χ4n) is 3.78. The van der Waals surface area contributed by atoms with Crippen molar-refractivity contribution in [1.29, 1.82) is 0 Å². The SMILES string of the molecule is C[C@H](Cn1cnc2c(NC(=O)c3ccccc3)ncnc21)OCP(=O)(Oc1ccccc1)Oc1ccccc1. The molecule has 5 rings (SSSR count). The summed E-state index contributed by atoms with van der Waals surface area (Å²) in [6.45, 7) is 2.18. The third-order valence-electron chi connectivity index (χ3n) is 5.62. The summed E-state index contributed by atoms with van der Waals surface area (Å²) in [5.74, 6) is 0.832. The lowest BCUT2D eigenvalue weighted by Crippen LogP contribution is -2.19. The van der Waals surface area contributed by atoms with E-state index in [9.17, 15) is 9.36 Å². The van der Waals surface area contributed by atoms with Crippen LogP contribution in [0.25, 0.3) is 11.2 Å². The van der Waals surface area contributed by atoms with Gasteiger partial charge in [-0.05, 0) is 43.3 Å². The average molecular weight is 544 g/mol. The van der Waals surface area contributed by atoms with Crippen LogP contribution in [-0.4, -0.2) is 37.9 Å². The van der Waals surface area contributed by atoms with E-state index in [1.807, 2.05) is 25.1 Å². The number of carbonyl (C=O) groups excluding carboxylic acids is 1. The number of para-hydroxylation sites is 2. The number of nitrogens with zero attached hydrogens (tertiary/aromatic N) is 4. The number of anilines is 1. The molecular weight excluding hydrogens is 517 g/mol. The first kappa shape index (κ1) is 26.1. The Bertz CT molecular complexity index is 1540. The minimum atomic E-state index is -3.73. The van der Waals surface area contributed by atoms with Crippen molar-refractivity contribution < 1.29 is 23.1 Å². The lowest BCUT2D eigenvalue weighted by Gasteiger charge is -2.22. The van der Waals surface area contributed by atoms with Crippen LogP contribution >= 0.6 is 7.60 Å². The van der Waals surface area contributed by atoms with E-state index >= 15 is 0 Å². The first-order chi connectivity index (χ1) is 19.0. The molecule has 1 amide bonds. The molecule has 0 spiro atoms. The second kappa shape index (κ2) is 11.9. The Labute approximate surface area is 225 Å². The Morgan fingerprint density at radius 3 is 2.08 bits per heavy atom. The fraction of sp³-hybridized carbons (Fsp3) is 0.143. The van der Waals surface area contributed by atoms with Crippen LogP contribution in [0.1, 0.15) is 17.3 Å². The Morgan fingerprint density at radius 2 is 1.46 bits per heavy atom. The van der Waals surface area contributed by atoms with E-state index in [4.69, 9.17) is 13.8 Å². The number of fused-ring (bicyclic) bond motifs is 1. The van der Waals surface area contributed by atoms with Gasteiger partial charge in [0.1, 0.15) is 17.8 Å². The van der Waals surface area contributed by atoms with Crippen molar-refractivity contribution in [3.05, 3.63) is 109 Å². The first-order valence-electron chi connectivity index (χ1n) is 12.2. The van der Waals surface area contributed by atoms with Crippen molar-refractivity contribution in [2.24, 2.45) is 0 Å². The van der Waals surface area contributed by atoms with Gasteiger partial charge in [-0.2, -0.15) is 0 Å². The fourth-order valence-corrected chi connectivity index (χ4v) is 5.24. The zero-order chi connectivity index (χ0) is 27.1. The van der Waals surface area contributed by atoms with Gasteiger partial charge in [-0.15, -0.1) is 0 Å². The van der Waals surface area contributed by atoms with Crippen LogP contribution in [0, 0.1) is 0 Å². The van der Waals surface area contributed by atoms with E-state index in [1.165, 1.54) is 6.33 Å². The molecule has 198 valence electrons. The molecule has 0 aliphatic carbocycles. The van der Waals surface area contributed by atoms with Gasteiger partial charge in [0, 0.05) is 5.56 Å². The molecule has 2 aromatic heterocycles. The van der Waals surface area contributed by atoms with Gasteiger partial charge in [-0.1, -0.05) is 54.6 Å². The monoisotopic (exact) mass is 543 g/mol. The van der Waals surface area contributed by atoms with E-state index in [-0.39, 0.29) is 12.3 Å². The van der Waals surface area contributed by atoms with Crippen LogP contribution in [0.5, 0.6) is 11.5 Å². The van der Waals surface area contributed by atoms with Crippen molar-refractivity contribution in [2.45, 2.75) is 19.6 Å². The third kappa shape index (κ3) is 6.67. The summed E-state index contributed by atoms with van der Waals surface area (Å²) in [5.41, 5.74) is 1.47. The highest BCUT2D eigenvalue weighted by atomic mass is 31.2. The maximum Gasteiger partial charge on any atom is 0.456 e. The van der Waals surface area contributed by atoms with Crippen LogP contribution in [0.3, 0.4) is 0 Å². The molecule has 0 bridgehead atoms. The van der Waals surface area contributed by atoms with E-state index in [0.717, 1.165) is 0 Å². The van der Waals surface area contributed by atoms with Crippen molar-refractivity contribution in [2.75, 3.05) is 11.7 Å². The molecule has 0 saturated heterocycles. The van der Waals surface area contributed by atoms with Crippen molar-refractivity contribution in [3.63, 3.8) is 0 Å². The Balaban J connectivity index is 1.27. The second-order valence-electron chi connectivity index (χ2n) is 8.64. The molecule has 0 aliphatic rings. The van der Waals surface area contributed by atoms with Gasteiger partial charge >= 0.3 is 7.60 Å². The minimum absolute atomic E-state index is 0.280. The Hall–Kier alpha value is -4.53. The molecule has 2 heterocycles. The number of carbonyl (C=O) groups is 1. The van der Waals surface area contributed by atoms with Crippen molar-refractivity contribution in [1.82, 2.24) is 19.5 Å². The van der Waals surface area contributed by atoms with Gasteiger partial charge in [0.2, 0.25) is 0 Å². The van der Waals surface area contributed by atoms with E-state index in [0.29, 0.717) is 40.6 Å². The summed E-state index contributed by atoms with van der Waals surface area (Å²) in [4.78, 5) is 25.5. The molecule has 39 heavy (non-hydrogen) atoms. The molecule has 0 saturated carbocycles. The van der Waals surface area contributed by atoms with Gasteiger partial charge in [0.05, 0.1) is 19.0 Å². The Morgan fingerprint density at radius 1 is 0.872 bits per heavy atom. The topological polar surface area (TPSA) is 117 Å². The van der Waals surface area contributed by atoms with E-state index in [1.54, 1.807) is 83.7 Å². The number of hydrogen-bond acceptors (Lipinski definition) is 8. The lowest BCUT2D eigenvalue weighted by atomic mass is 10.2. The summed E-state index contributed by atoms with van der Waals surface area (Å²) < 4.78 is 33.0. The first-order valence-corrected chi connectivity index (χ1v) is 13.9. The largest absolute Gasteiger partial charge is 0.456 e. The van der Waals surface area contributed by atoms with E-state index in [2.05, 4.69) is 20.3 Å². The summed E-state index contributed by atoms with van der Waals surface area (Å²) in [7, 11) is -3.73. The van der Waals surface area contributed by atoms with Gasteiger partial charge in [-0.25, -0.2) is 19.5 Å². The maximum absolute atomic E-state index is 13.7. The zero-order valence-corrected chi connectivity index (χ0v) is 22.0. The zero-order valence-electron chi connectivity index (χ0n) is 21.1. The Kier molecular flexibility index (Phi) is 7.96.